The number of nitrogen functional groups attached to an aromatic ring is 1. The van der Waals surface area contributed by atoms with E-state index in [-0.39, 0.29) is 5.76 Å². The molecule has 0 aliphatic carbocycles. The number of rotatable bonds is 4. The molecule has 20 heavy (non-hydrogen) atoms. The fraction of sp³-hybridized carbons (Fsp3) is 0.143. The second-order valence-electron chi connectivity index (χ2n) is 4.25. The molecule has 1 aromatic heterocycles. The summed E-state index contributed by atoms with van der Waals surface area (Å²) in [7, 11) is 1.90. The summed E-state index contributed by atoms with van der Waals surface area (Å²) in [6.07, 6.45) is 0. The molecule has 0 atom stereocenters. The summed E-state index contributed by atoms with van der Waals surface area (Å²) in [4.78, 5) is 13.2. The molecular formula is C14H14N4O2. The van der Waals surface area contributed by atoms with E-state index in [0.717, 1.165) is 5.69 Å². The van der Waals surface area contributed by atoms with Crippen molar-refractivity contribution in [1.29, 1.82) is 5.26 Å². The second kappa shape index (κ2) is 5.91. The van der Waals surface area contributed by atoms with E-state index in [2.05, 4.69) is 6.07 Å². The van der Waals surface area contributed by atoms with Crippen LogP contribution in [-0.2, 0) is 6.54 Å². The Morgan fingerprint density at radius 1 is 1.35 bits per heavy atom. The Morgan fingerprint density at radius 2 is 2.05 bits per heavy atom. The Hall–Kier alpha value is -2.78. The number of carbonyl (C=O) groups excluding carboxylic acids is 1. The number of hydrogen-bond acceptors (Lipinski definition) is 5. The monoisotopic (exact) mass is 270 g/mol. The first-order chi connectivity index (χ1) is 9.63. The summed E-state index contributed by atoms with van der Waals surface area (Å²) in [5, 5.41) is 8.75. The fourth-order valence-electron chi connectivity index (χ4n) is 1.77. The zero-order valence-electron chi connectivity index (χ0n) is 11.0. The minimum absolute atomic E-state index is 0.177. The van der Waals surface area contributed by atoms with Crippen molar-refractivity contribution < 1.29 is 9.21 Å². The predicted octanol–water partition coefficient (Wildman–Crippen LogP) is 1.39. The highest BCUT2D eigenvalue weighted by molar-refractivity contribution is 5.90. The summed E-state index contributed by atoms with van der Waals surface area (Å²) in [5.41, 5.74) is 3.58. The van der Waals surface area contributed by atoms with Gasteiger partial charge in [0.2, 0.25) is 0 Å². The van der Waals surface area contributed by atoms with Gasteiger partial charge in [0.25, 0.3) is 0 Å². The summed E-state index contributed by atoms with van der Waals surface area (Å²) in [6, 6.07) is 12.6. The van der Waals surface area contributed by atoms with Crippen molar-refractivity contribution in [3.63, 3.8) is 0 Å². The van der Waals surface area contributed by atoms with Crippen LogP contribution < -0.4 is 16.2 Å². The first kappa shape index (κ1) is 13.6. The van der Waals surface area contributed by atoms with Crippen LogP contribution in [0, 0.1) is 11.3 Å². The molecule has 1 heterocycles. The molecule has 0 spiro atoms. The van der Waals surface area contributed by atoms with E-state index in [0.29, 0.717) is 17.9 Å². The van der Waals surface area contributed by atoms with Crippen LogP contribution in [-0.4, -0.2) is 13.0 Å². The predicted molar refractivity (Wildman–Crippen MR) is 73.6 cm³/mol. The van der Waals surface area contributed by atoms with E-state index in [1.54, 1.807) is 24.3 Å². The van der Waals surface area contributed by atoms with Gasteiger partial charge in [-0.15, -0.1) is 0 Å². The third kappa shape index (κ3) is 2.96. The van der Waals surface area contributed by atoms with Crippen LogP contribution in [0.4, 0.5) is 5.69 Å². The van der Waals surface area contributed by atoms with Gasteiger partial charge in [0, 0.05) is 12.7 Å². The van der Waals surface area contributed by atoms with Gasteiger partial charge in [-0.2, -0.15) is 5.26 Å². The van der Waals surface area contributed by atoms with Gasteiger partial charge in [-0.05, 0) is 36.4 Å². The van der Waals surface area contributed by atoms with Crippen LogP contribution in [0.2, 0.25) is 0 Å². The molecule has 102 valence electrons. The third-order valence-electron chi connectivity index (χ3n) is 2.85. The number of hydrogen-bond donors (Lipinski definition) is 2. The quantitative estimate of drug-likeness (QED) is 0.497. The molecular weight excluding hydrogens is 256 g/mol. The number of nitriles is 1. The van der Waals surface area contributed by atoms with E-state index >= 15 is 0 Å². The minimum Gasteiger partial charge on any atom is -0.454 e. The SMILES string of the molecule is CN(Cc1ccc(C(=O)NN)o1)c1ccc(C#N)cc1. The molecule has 0 saturated carbocycles. The van der Waals surface area contributed by atoms with E-state index < -0.39 is 5.91 Å². The van der Waals surface area contributed by atoms with Crippen molar-refractivity contribution >= 4 is 11.6 Å². The normalized spacial score (nSPS) is 9.85. The third-order valence-corrected chi connectivity index (χ3v) is 2.85. The highest BCUT2D eigenvalue weighted by Crippen LogP contribution is 2.17. The molecule has 6 heteroatoms. The van der Waals surface area contributed by atoms with Gasteiger partial charge < -0.3 is 9.32 Å². The van der Waals surface area contributed by atoms with Crippen molar-refractivity contribution in [1.82, 2.24) is 5.43 Å². The van der Waals surface area contributed by atoms with E-state index in [1.165, 1.54) is 0 Å². The van der Waals surface area contributed by atoms with Gasteiger partial charge in [-0.3, -0.25) is 10.2 Å². The van der Waals surface area contributed by atoms with Crippen LogP contribution in [0.25, 0.3) is 0 Å². The lowest BCUT2D eigenvalue weighted by atomic mass is 10.2. The Balaban J connectivity index is 2.07. The molecule has 1 aromatic carbocycles. The zero-order valence-corrected chi connectivity index (χ0v) is 11.0. The number of benzene rings is 1. The topological polar surface area (TPSA) is 95.3 Å². The number of nitrogens with one attached hydrogen (secondary N) is 1. The molecule has 2 rings (SSSR count). The first-order valence-corrected chi connectivity index (χ1v) is 5.95. The Morgan fingerprint density at radius 3 is 2.65 bits per heavy atom. The Kier molecular flexibility index (Phi) is 4.03. The van der Waals surface area contributed by atoms with Crippen LogP contribution >= 0.6 is 0 Å². The molecule has 6 nitrogen and oxygen atoms in total. The van der Waals surface area contributed by atoms with E-state index in [1.807, 2.05) is 29.5 Å². The van der Waals surface area contributed by atoms with Gasteiger partial charge in [-0.1, -0.05) is 0 Å². The molecule has 0 radical (unpaired) electrons. The number of amides is 1. The number of nitrogens with two attached hydrogens (primary N) is 1. The summed E-state index contributed by atoms with van der Waals surface area (Å²) in [6.45, 7) is 0.504. The fourth-order valence-corrected chi connectivity index (χ4v) is 1.77. The maximum atomic E-state index is 11.3. The molecule has 0 bridgehead atoms. The molecule has 2 aromatic rings. The number of carbonyl (C=O) groups is 1. The van der Waals surface area contributed by atoms with Crippen molar-refractivity contribution in [2.45, 2.75) is 6.54 Å². The smallest absolute Gasteiger partial charge is 0.300 e. The number of nitrogens with zero attached hydrogens (tertiary/aromatic N) is 2. The maximum Gasteiger partial charge on any atom is 0.300 e. The molecule has 0 unspecified atom stereocenters. The van der Waals surface area contributed by atoms with Crippen LogP contribution in [0.15, 0.2) is 40.8 Å². The lowest BCUT2D eigenvalue weighted by Crippen LogP contribution is -2.29. The zero-order chi connectivity index (χ0) is 14.5. The van der Waals surface area contributed by atoms with Gasteiger partial charge in [0.05, 0.1) is 18.2 Å². The van der Waals surface area contributed by atoms with Crippen molar-refractivity contribution in [2.75, 3.05) is 11.9 Å². The summed E-state index contributed by atoms with van der Waals surface area (Å²) >= 11 is 0. The summed E-state index contributed by atoms with van der Waals surface area (Å²) in [5.74, 6) is 5.40. The van der Waals surface area contributed by atoms with Crippen LogP contribution in [0.1, 0.15) is 21.9 Å². The minimum atomic E-state index is -0.461. The average molecular weight is 270 g/mol. The number of hydrazine groups is 1. The molecule has 0 aliphatic rings. The highest BCUT2D eigenvalue weighted by atomic mass is 16.4. The van der Waals surface area contributed by atoms with Gasteiger partial charge >= 0.3 is 5.91 Å². The van der Waals surface area contributed by atoms with Crippen molar-refractivity contribution in [2.24, 2.45) is 5.84 Å². The molecule has 1 amide bonds. The molecule has 0 fully saturated rings. The first-order valence-electron chi connectivity index (χ1n) is 5.95. The molecule has 0 aliphatic heterocycles. The van der Waals surface area contributed by atoms with Crippen LogP contribution in [0.3, 0.4) is 0 Å². The van der Waals surface area contributed by atoms with Crippen molar-refractivity contribution in [3.05, 3.63) is 53.5 Å². The number of furan rings is 1. The van der Waals surface area contributed by atoms with E-state index in [4.69, 9.17) is 15.5 Å². The number of anilines is 1. The maximum absolute atomic E-state index is 11.3. The lowest BCUT2D eigenvalue weighted by Gasteiger charge is -2.17. The molecule has 3 N–H and O–H groups in total. The second-order valence-corrected chi connectivity index (χ2v) is 4.25. The Bertz CT molecular complexity index is 640. The van der Waals surface area contributed by atoms with Gasteiger partial charge in [0.15, 0.2) is 5.76 Å². The van der Waals surface area contributed by atoms with E-state index in [9.17, 15) is 4.79 Å². The average Bonchev–Trinajstić information content (AvgIpc) is 2.95. The lowest BCUT2D eigenvalue weighted by molar-refractivity contribution is 0.0924. The summed E-state index contributed by atoms with van der Waals surface area (Å²) < 4.78 is 5.39. The molecule has 0 saturated heterocycles. The largest absolute Gasteiger partial charge is 0.454 e. The van der Waals surface area contributed by atoms with Crippen LogP contribution in [0.5, 0.6) is 0 Å². The Labute approximate surface area is 116 Å². The highest BCUT2D eigenvalue weighted by Gasteiger charge is 2.11. The van der Waals surface area contributed by atoms with Gasteiger partial charge in [0.1, 0.15) is 5.76 Å². The van der Waals surface area contributed by atoms with Gasteiger partial charge in [-0.25, -0.2) is 5.84 Å². The van der Waals surface area contributed by atoms with Crippen molar-refractivity contribution in [3.8, 4) is 6.07 Å². The standard InChI is InChI=1S/C14H14N4O2/c1-18(11-4-2-10(8-15)3-5-11)9-12-6-7-13(20-12)14(19)17-16/h2-7H,9,16H2,1H3,(H,17,19).